The second kappa shape index (κ2) is 7.93. The van der Waals surface area contributed by atoms with E-state index in [1.807, 2.05) is 0 Å². The van der Waals surface area contributed by atoms with Gasteiger partial charge in [-0.1, -0.05) is 20.8 Å². The van der Waals surface area contributed by atoms with Crippen LogP contribution in [0.25, 0.3) is 0 Å². The lowest BCUT2D eigenvalue weighted by Gasteiger charge is -2.31. The van der Waals surface area contributed by atoms with E-state index >= 15 is 0 Å². The van der Waals surface area contributed by atoms with Gasteiger partial charge in [0.2, 0.25) is 0 Å². The lowest BCUT2D eigenvalue weighted by molar-refractivity contribution is 0.183. The summed E-state index contributed by atoms with van der Waals surface area (Å²) in [6, 6.07) is 2.24. The third kappa shape index (κ3) is 5.98. The smallest absolute Gasteiger partial charge is 0.0587 e. The Morgan fingerprint density at radius 2 is 2.17 bits per heavy atom. The fourth-order valence-electron chi connectivity index (χ4n) is 2.07. The molecule has 1 unspecified atom stereocenters. The van der Waals surface area contributed by atoms with Crippen molar-refractivity contribution < 1.29 is 4.74 Å². The van der Waals surface area contributed by atoms with E-state index in [1.54, 1.807) is 18.4 Å². The van der Waals surface area contributed by atoms with E-state index in [4.69, 9.17) is 4.74 Å². The fraction of sp³-hybridized carbons (Fsp3) is 0.733. The summed E-state index contributed by atoms with van der Waals surface area (Å²) in [7, 11) is 1.75. The minimum absolute atomic E-state index is 0.357. The van der Waals surface area contributed by atoms with Crippen LogP contribution in [-0.4, -0.2) is 26.8 Å². The van der Waals surface area contributed by atoms with Crippen molar-refractivity contribution >= 4 is 11.3 Å². The Kier molecular flexibility index (Phi) is 6.90. The molecule has 1 N–H and O–H groups in total. The summed E-state index contributed by atoms with van der Waals surface area (Å²) >= 11 is 1.79. The van der Waals surface area contributed by atoms with Crippen molar-refractivity contribution in [3.63, 3.8) is 0 Å². The molecule has 0 aromatic carbocycles. The summed E-state index contributed by atoms with van der Waals surface area (Å²) < 4.78 is 5.07. The van der Waals surface area contributed by atoms with E-state index in [1.165, 1.54) is 18.4 Å². The summed E-state index contributed by atoms with van der Waals surface area (Å²) in [5.41, 5.74) is 1.84. The first-order valence-corrected chi connectivity index (χ1v) is 7.69. The highest BCUT2D eigenvalue weighted by Gasteiger charge is 2.23. The Labute approximate surface area is 116 Å². The molecule has 2 nitrogen and oxygen atoms in total. The average molecular weight is 269 g/mol. The van der Waals surface area contributed by atoms with Crippen LogP contribution in [0.15, 0.2) is 16.8 Å². The quantitative estimate of drug-likeness (QED) is 0.728. The molecule has 3 heteroatoms. The van der Waals surface area contributed by atoms with Crippen molar-refractivity contribution in [2.45, 2.75) is 33.6 Å². The lowest BCUT2D eigenvalue weighted by Crippen LogP contribution is -2.33. The van der Waals surface area contributed by atoms with Crippen molar-refractivity contribution in [2.24, 2.45) is 11.3 Å². The van der Waals surface area contributed by atoms with Crippen LogP contribution in [0.1, 0.15) is 32.8 Å². The molecule has 18 heavy (non-hydrogen) atoms. The highest BCUT2D eigenvalue weighted by atomic mass is 32.1. The largest absolute Gasteiger partial charge is 0.383 e. The van der Waals surface area contributed by atoms with Gasteiger partial charge in [-0.15, -0.1) is 0 Å². The molecule has 104 valence electrons. The summed E-state index contributed by atoms with van der Waals surface area (Å²) in [6.45, 7) is 9.83. The van der Waals surface area contributed by atoms with Gasteiger partial charge >= 0.3 is 0 Å². The van der Waals surface area contributed by atoms with E-state index in [9.17, 15) is 0 Å². The predicted octanol–water partition coefficient (Wildman–Crippen LogP) is 3.58. The standard InChI is InChI=1S/C15H27NOS/c1-15(2,3)14(11-16-8-9-17-4)6-5-13-7-10-18-12-13/h7,10,12,14,16H,5-6,8-9,11H2,1-4H3. The maximum atomic E-state index is 5.07. The van der Waals surface area contributed by atoms with Crippen molar-refractivity contribution in [3.8, 4) is 0 Å². The third-order valence-corrected chi connectivity index (χ3v) is 4.19. The van der Waals surface area contributed by atoms with E-state index < -0.39 is 0 Å². The molecule has 0 spiro atoms. The Bertz CT molecular complexity index is 303. The molecule has 0 saturated heterocycles. The molecule has 1 aromatic heterocycles. The molecule has 0 amide bonds. The van der Waals surface area contributed by atoms with Crippen LogP contribution in [-0.2, 0) is 11.2 Å². The zero-order valence-electron chi connectivity index (χ0n) is 12.2. The molecule has 0 radical (unpaired) electrons. The SMILES string of the molecule is COCCNCC(CCc1ccsc1)C(C)(C)C. The second-order valence-corrected chi connectivity index (χ2v) is 6.71. The molecule has 0 saturated carbocycles. The van der Waals surface area contributed by atoms with Gasteiger partial charge in [-0.25, -0.2) is 0 Å². The third-order valence-electron chi connectivity index (χ3n) is 3.46. The first-order valence-electron chi connectivity index (χ1n) is 6.74. The molecular formula is C15H27NOS. The van der Waals surface area contributed by atoms with Gasteiger partial charge in [0.05, 0.1) is 6.61 Å². The van der Waals surface area contributed by atoms with Crippen LogP contribution >= 0.6 is 11.3 Å². The Hall–Kier alpha value is -0.380. The highest BCUT2D eigenvalue weighted by molar-refractivity contribution is 7.07. The van der Waals surface area contributed by atoms with Crippen LogP contribution in [0, 0.1) is 11.3 Å². The van der Waals surface area contributed by atoms with Gasteiger partial charge in [0.25, 0.3) is 0 Å². The number of hydrogen-bond donors (Lipinski definition) is 1. The van der Waals surface area contributed by atoms with Crippen molar-refractivity contribution in [3.05, 3.63) is 22.4 Å². The van der Waals surface area contributed by atoms with Crippen LogP contribution in [0.3, 0.4) is 0 Å². The Morgan fingerprint density at radius 3 is 2.72 bits per heavy atom. The minimum atomic E-state index is 0.357. The first kappa shape index (κ1) is 15.7. The summed E-state index contributed by atoms with van der Waals surface area (Å²) in [5.74, 6) is 0.703. The highest BCUT2D eigenvalue weighted by Crippen LogP contribution is 2.29. The first-order chi connectivity index (χ1) is 8.54. The van der Waals surface area contributed by atoms with Gasteiger partial charge < -0.3 is 10.1 Å². The summed E-state index contributed by atoms with van der Waals surface area (Å²) in [6.07, 6.45) is 2.44. The number of ether oxygens (including phenoxy) is 1. The van der Waals surface area contributed by atoms with Crippen LogP contribution < -0.4 is 5.32 Å². The maximum Gasteiger partial charge on any atom is 0.0587 e. The van der Waals surface area contributed by atoms with Gasteiger partial charge in [0, 0.05) is 13.7 Å². The Balaban J connectivity index is 2.36. The predicted molar refractivity (Wildman–Crippen MR) is 80.3 cm³/mol. The van der Waals surface area contributed by atoms with E-state index in [2.05, 4.69) is 42.9 Å². The Morgan fingerprint density at radius 1 is 1.39 bits per heavy atom. The van der Waals surface area contributed by atoms with Gasteiger partial charge in [0.15, 0.2) is 0 Å². The van der Waals surface area contributed by atoms with Crippen LogP contribution in [0.5, 0.6) is 0 Å². The van der Waals surface area contributed by atoms with Gasteiger partial charge in [-0.2, -0.15) is 11.3 Å². The van der Waals surface area contributed by atoms with Gasteiger partial charge in [-0.05, 0) is 53.1 Å². The molecule has 0 aliphatic carbocycles. The molecule has 0 aliphatic heterocycles. The fourth-order valence-corrected chi connectivity index (χ4v) is 2.77. The summed E-state index contributed by atoms with van der Waals surface area (Å²) in [4.78, 5) is 0. The normalized spacial score (nSPS) is 13.8. The molecule has 1 aromatic rings. The number of thiophene rings is 1. The van der Waals surface area contributed by atoms with E-state index in [0.29, 0.717) is 11.3 Å². The molecule has 0 aliphatic rings. The average Bonchev–Trinajstić information content (AvgIpc) is 2.79. The number of nitrogens with one attached hydrogen (secondary N) is 1. The van der Waals surface area contributed by atoms with Crippen molar-refractivity contribution in [1.29, 1.82) is 0 Å². The lowest BCUT2D eigenvalue weighted by atomic mass is 9.77. The summed E-state index contributed by atoms with van der Waals surface area (Å²) in [5, 5.41) is 7.93. The topological polar surface area (TPSA) is 21.3 Å². The number of rotatable bonds is 8. The van der Waals surface area contributed by atoms with Crippen molar-refractivity contribution in [2.75, 3.05) is 26.8 Å². The van der Waals surface area contributed by atoms with E-state index in [0.717, 1.165) is 19.7 Å². The zero-order chi connectivity index (χ0) is 13.4. The van der Waals surface area contributed by atoms with Gasteiger partial charge in [-0.3, -0.25) is 0 Å². The maximum absolute atomic E-state index is 5.07. The molecule has 1 atom stereocenters. The van der Waals surface area contributed by atoms with Crippen molar-refractivity contribution in [1.82, 2.24) is 5.32 Å². The zero-order valence-corrected chi connectivity index (χ0v) is 13.0. The monoisotopic (exact) mass is 269 g/mol. The van der Waals surface area contributed by atoms with E-state index in [-0.39, 0.29) is 0 Å². The number of hydrogen-bond acceptors (Lipinski definition) is 3. The number of methoxy groups -OCH3 is 1. The number of aryl methyl sites for hydroxylation is 1. The second-order valence-electron chi connectivity index (χ2n) is 5.93. The molecule has 0 fully saturated rings. The molecule has 1 rings (SSSR count). The van der Waals surface area contributed by atoms with Crippen LogP contribution in [0.2, 0.25) is 0 Å². The minimum Gasteiger partial charge on any atom is -0.383 e. The van der Waals surface area contributed by atoms with Gasteiger partial charge in [0.1, 0.15) is 0 Å². The molecule has 1 heterocycles. The molecule has 0 bridgehead atoms. The van der Waals surface area contributed by atoms with Crippen LogP contribution in [0.4, 0.5) is 0 Å². The molecular weight excluding hydrogens is 242 g/mol.